The fourth-order valence-corrected chi connectivity index (χ4v) is 5.65. The van der Waals surface area contributed by atoms with Crippen LogP contribution in [0.2, 0.25) is 10.0 Å². The van der Waals surface area contributed by atoms with Crippen LogP contribution in [-0.4, -0.2) is 49.7 Å². The summed E-state index contributed by atoms with van der Waals surface area (Å²) in [7, 11) is -3.84. The fourth-order valence-electron chi connectivity index (χ4n) is 3.14. The number of amides is 1. The molecular weight excluding hydrogens is 426 g/mol. The molecular formula is C19H19Cl2FN2O3S. The highest BCUT2D eigenvalue weighted by molar-refractivity contribution is 7.89. The van der Waals surface area contributed by atoms with Gasteiger partial charge >= 0.3 is 0 Å². The average molecular weight is 445 g/mol. The number of rotatable bonds is 5. The molecule has 2 aromatic rings. The van der Waals surface area contributed by atoms with Gasteiger partial charge in [0.05, 0.1) is 10.0 Å². The van der Waals surface area contributed by atoms with Crippen molar-refractivity contribution in [2.75, 3.05) is 26.2 Å². The second-order valence-electron chi connectivity index (χ2n) is 6.47. The van der Waals surface area contributed by atoms with Crippen LogP contribution < -0.4 is 0 Å². The molecule has 0 bridgehead atoms. The molecule has 0 spiro atoms. The van der Waals surface area contributed by atoms with Crippen LogP contribution in [-0.2, 0) is 21.2 Å². The molecule has 3 rings (SSSR count). The maximum absolute atomic E-state index is 13.2. The van der Waals surface area contributed by atoms with Crippen molar-refractivity contribution >= 4 is 39.1 Å². The van der Waals surface area contributed by atoms with E-state index in [1.165, 1.54) is 28.6 Å². The van der Waals surface area contributed by atoms with Crippen molar-refractivity contribution in [3.63, 3.8) is 0 Å². The highest BCUT2D eigenvalue weighted by Gasteiger charge is 2.32. The summed E-state index contributed by atoms with van der Waals surface area (Å²) in [5.74, 6) is -0.418. The molecule has 1 aliphatic rings. The topological polar surface area (TPSA) is 57.7 Å². The Morgan fingerprint density at radius 1 is 1.00 bits per heavy atom. The van der Waals surface area contributed by atoms with E-state index < -0.39 is 10.0 Å². The van der Waals surface area contributed by atoms with Crippen LogP contribution in [0.1, 0.15) is 12.0 Å². The lowest BCUT2D eigenvalue weighted by atomic mass is 10.1. The van der Waals surface area contributed by atoms with Gasteiger partial charge in [0.15, 0.2) is 0 Å². The van der Waals surface area contributed by atoms with E-state index in [0.717, 1.165) is 5.56 Å². The lowest BCUT2D eigenvalue weighted by Crippen LogP contribution is -2.50. The average Bonchev–Trinajstić information content (AvgIpc) is 2.66. The Bertz CT molecular complexity index is 957. The molecule has 0 aromatic heterocycles. The maximum Gasteiger partial charge on any atom is 0.246 e. The van der Waals surface area contributed by atoms with E-state index in [4.69, 9.17) is 23.2 Å². The summed E-state index contributed by atoms with van der Waals surface area (Å²) in [6, 6.07) is 10.7. The maximum atomic E-state index is 13.2. The molecule has 2 aromatic carbocycles. The summed E-state index contributed by atoms with van der Waals surface area (Å²) in [4.78, 5) is 13.9. The minimum absolute atomic E-state index is 0.0705. The van der Waals surface area contributed by atoms with E-state index in [1.807, 2.05) is 0 Å². The molecule has 9 heteroatoms. The Labute approximate surface area is 173 Å². The molecule has 0 aliphatic carbocycles. The van der Waals surface area contributed by atoms with Gasteiger partial charge in [0, 0.05) is 32.6 Å². The van der Waals surface area contributed by atoms with Gasteiger partial charge in [-0.25, -0.2) is 12.8 Å². The Morgan fingerprint density at radius 2 is 1.61 bits per heavy atom. The van der Waals surface area contributed by atoms with E-state index in [2.05, 4.69) is 0 Å². The Kier molecular flexibility index (Phi) is 6.60. The summed E-state index contributed by atoms with van der Waals surface area (Å²) < 4.78 is 40.2. The lowest BCUT2D eigenvalue weighted by Gasteiger charge is -2.34. The third-order valence-electron chi connectivity index (χ3n) is 4.62. The van der Waals surface area contributed by atoms with Crippen molar-refractivity contribution in [3.05, 3.63) is 63.9 Å². The van der Waals surface area contributed by atoms with Crippen molar-refractivity contribution in [3.8, 4) is 0 Å². The van der Waals surface area contributed by atoms with Gasteiger partial charge in [-0.2, -0.15) is 4.31 Å². The Morgan fingerprint density at radius 3 is 2.21 bits per heavy atom. The van der Waals surface area contributed by atoms with Crippen molar-refractivity contribution < 1.29 is 17.6 Å². The summed E-state index contributed by atoms with van der Waals surface area (Å²) in [6.45, 7) is 0.887. The monoisotopic (exact) mass is 444 g/mol. The SMILES string of the molecule is O=C(CCc1cccc(F)c1)N1CCN(S(=O)(=O)c2c(Cl)cccc2Cl)CC1. The molecule has 0 saturated carbocycles. The lowest BCUT2D eigenvalue weighted by molar-refractivity contribution is -0.132. The van der Waals surface area contributed by atoms with Gasteiger partial charge in [-0.15, -0.1) is 0 Å². The Balaban J connectivity index is 1.60. The van der Waals surface area contributed by atoms with Crippen molar-refractivity contribution in [2.45, 2.75) is 17.7 Å². The molecule has 0 radical (unpaired) electrons. The van der Waals surface area contributed by atoms with Gasteiger partial charge in [0.25, 0.3) is 0 Å². The van der Waals surface area contributed by atoms with Crippen molar-refractivity contribution in [1.29, 1.82) is 0 Å². The van der Waals surface area contributed by atoms with Crippen molar-refractivity contribution in [2.24, 2.45) is 0 Å². The summed E-state index contributed by atoms with van der Waals surface area (Å²) in [5.41, 5.74) is 0.753. The van der Waals surface area contributed by atoms with Gasteiger partial charge in [-0.05, 0) is 36.2 Å². The third kappa shape index (κ3) is 4.66. The van der Waals surface area contributed by atoms with Crippen LogP contribution in [0, 0.1) is 5.82 Å². The predicted octanol–water partition coefficient (Wildman–Crippen LogP) is 3.60. The molecule has 150 valence electrons. The number of sulfonamides is 1. The highest BCUT2D eigenvalue weighted by atomic mass is 35.5. The third-order valence-corrected chi connectivity index (χ3v) is 7.48. The summed E-state index contributed by atoms with van der Waals surface area (Å²) >= 11 is 12.1. The van der Waals surface area contributed by atoms with Gasteiger partial charge < -0.3 is 4.90 Å². The van der Waals surface area contributed by atoms with Crippen LogP contribution in [0.5, 0.6) is 0 Å². The number of carbonyl (C=O) groups is 1. The van der Waals surface area contributed by atoms with Gasteiger partial charge in [-0.1, -0.05) is 41.4 Å². The number of carbonyl (C=O) groups excluding carboxylic acids is 1. The molecule has 1 saturated heterocycles. The molecule has 1 aliphatic heterocycles. The molecule has 1 heterocycles. The molecule has 0 N–H and O–H groups in total. The van der Waals surface area contributed by atoms with E-state index in [1.54, 1.807) is 23.1 Å². The van der Waals surface area contributed by atoms with Crippen LogP contribution in [0.3, 0.4) is 0 Å². The molecule has 1 amide bonds. The zero-order chi connectivity index (χ0) is 20.3. The normalized spacial score (nSPS) is 15.6. The predicted molar refractivity (Wildman–Crippen MR) is 107 cm³/mol. The van der Waals surface area contributed by atoms with E-state index >= 15 is 0 Å². The number of hydrogen-bond acceptors (Lipinski definition) is 3. The second-order valence-corrected chi connectivity index (χ2v) is 9.15. The molecule has 0 atom stereocenters. The van der Waals surface area contributed by atoms with Gasteiger partial charge in [-0.3, -0.25) is 4.79 Å². The minimum atomic E-state index is -3.84. The number of aryl methyl sites for hydroxylation is 1. The van der Waals surface area contributed by atoms with Crippen LogP contribution >= 0.6 is 23.2 Å². The van der Waals surface area contributed by atoms with Gasteiger partial charge in [0.2, 0.25) is 15.9 Å². The summed E-state index contributed by atoms with van der Waals surface area (Å²) in [6.07, 6.45) is 0.677. The molecule has 5 nitrogen and oxygen atoms in total. The first kappa shape index (κ1) is 21.0. The largest absolute Gasteiger partial charge is 0.340 e. The van der Waals surface area contributed by atoms with Crippen LogP contribution in [0.4, 0.5) is 4.39 Å². The number of halogens is 3. The first-order chi connectivity index (χ1) is 13.3. The van der Waals surface area contributed by atoms with Gasteiger partial charge in [0.1, 0.15) is 10.7 Å². The standard InChI is InChI=1S/C19H19Cl2FN2O3S/c20-16-5-2-6-17(21)19(16)28(26,27)24-11-9-23(10-12-24)18(25)8-7-14-3-1-4-15(22)13-14/h1-6,13H,7-12H2. The van der Waals surface area contributed by atoms with Crippen LogP contribution in [0.25, 0.3) is 0 Å². The molecule has 28 heavy (non-hydrogen) atoms. The summed E-state index contributed by atoms with van der Waals surface area (Å²) in [5, 5.41) is 0.141. The first-order valence-corrected chi connectivity index (χ1v) is 10.9. The number of hydrogen-bond donors (Lipinski definition) is 0. The quantitative estimate of drug-likeness (QED) is 0.707. The minimum Gasteiger partial charge on any atom is -0.340 e. The highest BCUT2D eigenvalue weighted by Crippen LogP contribution is 2.31. The zero-order valence-corrected chi connectivity index (χ0v) is 17.3. The van der Waals surface area contributed by atoms with E-state index in [0.29, 0.717) is 6.42 Å². The smallest absolute Gasteiger partial charge is 0.246 e. The van der Waals surface area contributed by atoms with E-state index in [9.17, 15) is 17.6 Å². The molecule has 0 unspecified atom stereocenters. The number of piperazine rings is 1. The zero-order valence-electron chi connectivity index (χ0n) is 14.9. The second kappa shape index (κ2) is 8.78. The fraction of sp³-hybridized carbons (Fsp3) is 0.316. The van der Waals surface area contributed by atoms with Crippen LogP contribution in [0.15, 0.2) is 47.4 Å². The Hall–Kier alpha value is -1.67. The number of nitrogens with zero attached hydrogens (tertiary/aromatic N) is 2. The number of benzene rings is 2. The van der Waals surface area contributed by atoms with E-state index in [-0.39, 0.29) is 59.3 Å². The molecule has 1 fully saturated rings. The first-order valence-electron chi connectivity index (χ1n) is 8.75. The van der Waals surface area contributed by atoms with Crippen molar-refractivity contribution in [1.82, 2.24) is 9.21 Å².